The van der Waals surface area contributed by atoms with Crippen LogP contribution in [0.1, 0.15) is 17.4 Å². The summed E-state index contributed by atoms with van der Waals surface area (Å²) in [5.41, 5.74) is 0.732. The van der Waals surface area contributed by atoms with E-state index in [1.807, 2.05) is 36.4 Å². The average Bonchev–Trinajstić information content (AvgIpc) is 2.99. The van der Waals surface area contributed by atoms with Crippen LogP contribution in [0.4, 0.5) is 0 Å². The summed E-state index contributed by atoms with van der Waals surface area (Å²) < 4.78 is 10.7. The lowest BCUT2D eigenvalue weighted by molar-refractivity contribution is 0.186. The van der Waals surface area contributed by atoms with Crippen molar-refractivity contribution in [3.05, 3.63) is 66.1 Å². The molecule has 3 nitrogen and oxygen atoms in total. The first-order valence-electron chi connectivity index (χ1n) is 6.08. The summed E-state index contributed by atoms with van der Waals surface area (Å²) in [6.45, 7) is 0. The Bertz CT molecular complexity index is 686. The normalized spacial score (nSPS) is 12.5. The smallest absolute Gasteiger partial charge is 0.141 e. The number of ether oxygens (including phenoxy) is 1. The molecule has 0 fully saturated rings. The van der Waals surface area contributed by atoms with Gasteiger partial charge in [-0.25, -0.2) is 0 Å². The van der Waals surface area contributed by atoms with Crippen molar-refractivity contribution >= 4 is 10.8 Å². The van der Waals surface area contributed by atoms with Crippen LogP contribution in [0.3, 0.4) is 0 Å². The highest BCUT2D eigenvalue weighted by Crippen LogP contribution is 2.36. The van der Waals surface area contributed by atoms with E-state index in [2.05, 4.69) is 0 Å². The minimum atomic E-state index is -0.837. The molecule has 0 aliphatic carbocycles. The van der Waals surface area contributed by atoms with Crippen molar-refractivity contribution in [1.29, 1.82) is 0 Å². The van der Waals surface area contributed by atoms with Gasteiger partial charge in [0.1, 0.15) is 17.6 Å². The summed E-state index contributed by atoms with van der Waals surface area (Å²) in [7, 11) is 1.60. The lowest BCUT2D eigenvalue weighted by Crippen LogP contribution is -2.02. The Hall–Kier alpha value is -2.26. The number of aliphatic hydroxyl groups is 1. The van der Waals surface area contributed by atoms with E-state index in [1.54, 1.807) is 25.5 Å². The first-order valence-corrected chi connectivity index (χ1v) is 6.08. The van der Waals surface area contributed by atoms with Crippen molar-refractivity contribution in [2.75, 3.05) is 7.11 Å². The predicted octanol–water partition coefficient (Wildman–Crippen LogP) is 3.52. The van der Waals surface area contributed by atoms with Crippen LogP contribution in [-0.4, -0.2) is 12.2 Å². The molecule has 1 atom stereocenters. The number of hydrogen-bond donors (Lipinski definition) is 1. The van der Waals surface area contributed by atoms with E-state index in [4.69, 9.17) is 9.15 Å². The van der Waals surface area contributed by atoms with Crippen molar-refractivity contribution in [3.8, 4) is 5.75 Å². The van der Waals surface area contributed by atoms with Gasteiger partial charge in [0, 0.05) is 5.56 Å². The summed E-state index contributed by atoms with van der Waals surface area (Å²) in [6.07, 6.45) is 0.715. The van der Waals surface area contributed by atoms with E-state index < -0.39 is 6.10 Å². The number of aliphatic hydroxyl groups excluding tert-OH is 1. The first-order chi connectivity index (χ1) is 9.31. The summed E-state index contributed by atoms with van der Waals surface area (Å²) in [5.74, 6) is 1.16. The molecule has 2 aromatic carbocycles. The van der Waals surface area contributed by atoms with Gasteiger partial charge >= 0.3 is 0 Å². The van der Waals surface area contributed by atoms with Crippen molar-refractivity contribution in [2.45, 2.75) is 6.10 Å². The molecule has 3 heteroatoms. The number of benzene rings is 2. The van der Waals surface area contributed by atoms with E-state index in [1.165, 1.54) is 0 Å². The molecule has 0 bridgehead atoms. The molecule has 1 unspecified atom stereocenters. The monoisotopic (exact) mass is 254 g/mol. The summed E-state index contributed by atoms with van der Waals surface area (Å²) in [4.78, 5) is 0. The van der Waals surface area contributed by atoms with Crippen molar-refractivity contribution in [3.63, 3.8) is 0 Å². The summed E-state index contributed by atoms with van der Waals surface area (Å²) in [6, 6.07) is 15.3. The zero-order valence-corrected chi connectivity index (χ0v) is 10.5. The van der Waals surface area contributed by atoms with Gasteiger partial charge in [0.25, 0.3) is 0 Å². The van der Waals surface area contributed by atoms with Crippen molar-refractivity contribution < 1.29 is 14.3 Å². The Morgan fingerprint density at radius 2 is 1.89 bits per heavy atom. The highest BCUT2D eigenvalue weighted by Gasteiger charge is 2.20. The number of furan rings is 1. The second-order valence-electron chi connectivity index (χ2n) is 4.32. The summed E-state index contributed by atoms with van der Waals surface area (Å²) >= 11 is 0. The molecule has 1 N–H and O–H groups in total. The Balaban J connectivity index is 2.25. The number of hydrogen-bond acceptors (Lipinski definition) is 3. The van der Waals surface area contributed by atoms with Crippen LogP contribution in [0.25, 0.3) is 10.8 Å². The van der Waals surface area contributed by atoms with Gasteiger partial charge in [-0.3, -0.25) is 0 Å². The third kappa shape index (κ3) is 1.98. The quantitative estimate of drug-likeness (QED) is 0.777. The fourth-order valence-corrected chi connectivity index (χ4v) is 2.32. The molecule has 0 spiro atoms. The van der Waals surface area contributed by atoms with E-state index >= 15 is 0 Å². The van der Waals surface area contributed by atoms with Crippen LogP contribution in [0.15, 0.2) is 59.2 Å². The summed E-state index contributed by atoms with van der Waals surface area (Å²) in [5, 5.41) is 12.5. The maximum atomic E-state index is 10.5. The molecule has 0 saturated heterocycles. The SMILES string of the molecule is COc1ccc2ccccc2c1C(O)c1ccco1. The van der Waals surface area contributed by atoms with Gasteiger partial charge in [-0.2, -0.15) is 0 Å². The van der Waals surface area contributed by atoms with Gasteiger partial charge in [0.05, 0.1) is 13.4 Å². The van der Waals surface area contributed by atoms with Crippen LogP contribution < -0.4 is 4.74 Å². The topological polar surface area (TPSA) is 42.6 Å². The Morgan fingerprint density at radius 3 is 2.63 bits per heavy atom. The molecule has 0 aliphatic heterocycles. The number of fused-ring (bicyclic) bond motifs is 1. The molecule has 3 aromatic rings. The van der Waals surface area contributed by atoms with Crippen LogP contribution in [0, 0.1) is 0 Å². The molecule has 0 saturated carbocycles. The fourth-order valence-electron chi connectivity index (χ4n) is 2.32. The molecule has 1 heterocycles. The predicted molar refractivity (Wildman–Crippen MR) is 73.3 cm³/mol. The maximum Gasteiger partial charge on any atom is 0.141 e. The van der Waals surface area contributed by atoms with E-state index in [9.17, 15) is 5.11 Å². The van der Waals surface area contributed by atoms with Gasteiger partial charge in [0.2, 0.25) is 0 Å². The van der Waals surface area contributed by atoms with Gasteiger partial charge in [0.15, 0.2) is 0 Å². The zero-order chi connectivity index (χ0) is 13.2. The minimum absolute atomic E-state index is 0.509. The standard InChI is InChI=1S/C16H14O3/c1-18-13-9-8-11-5-2-3-6-12(11)15(13)16(17)14-7-4-10-19-14/h2-10,16-17H,1H3. The first kappa shape index (κ1) is 11.8. The van der Waals surface area contributed by atoms with Gasteiger partial charge in [-0.1, -0.05) is 30.3 Å². The van der Waals surface area contributed by atoms with E-state index in [0.29, 0.717) is 11.5 Å². The third-order valence-electron chi connectivity index (χ3n) is 3.24. The van der Waals surface area contributed by atoms with Crippen LogP contribution in [0.2, 0.25) is 0 Å². The van der Waals surface area contributed by atoms with Crippen LogP contribution in [-0.2, 0) is 0 Å². The zero-order valence-electron chi connectivity index (χ0n) is 10.5. The lowest BCUT2D eigenvalue weighted by atomic mass is 9.98. The van der Waals surface area contributed by atoms with Crippen LogP contribution >= 0.6 is 0 Å². The molecule has 1 aromatic heterocycles. The number of rotatable bonds is 3. The third-order valence-corrected chi connectivity index (χ3v) is 3.24. The Kier molecular flexibility index (Phi) is 2.97. The maximum absolute atomic E-state index is 10.5. The van der Waals surface area contributed by atoms with Gasteiger partial charge in [-0.05, 0) is 29.0 Å². The Labute approximate surface area is 111 Å². The minimum Gasteiger partial charge on any atom is -0.496 e. The molecular weight excluding hydrogens is 240 g/mol. The average molecular weight is 254 g/mol. The van der Waals surface area contributed by atoms with E-state index in [0.717, 1.165) is 16.3 Å². The molecular formula is C16H14O3. The van der Waals surface area contributed by atoms with Crippen molar-refractivity contribution in [1.82, 2.24) is 0 Å². The molecule has 0 amide bonds. The highest BCUT2D eigenvalue weighted by atomic mass is 16.5. The van der Waals surface area contributed by atoms with E-state index in [-0.39, 0.29) is 0 Å². The fraction of sp³-hybridized carbons (Fsp3) is 0.125. The molecule has 0 aliphatic rings. The molecule has 96 valence electrons. The molecule has 3 rings (SSSR count). The largest absolute Gasteiger partial charge is 0.496 e. The molecule has 0 radical (unpaired) electrons. The van der Waals surface area contributed by atoms with Gasteiger partial charge < -0.3 is 14.3 Å². The second kappa shape index (κ2) is 4.78. The van der Waals surface area contributed by atoms with Crippen LogP contribution in [0.5, 0.6) is 5.75 Å². The Morgan fingerprint density at radius 1 is 1.05 bits per heavy atom. The van der Waals surface area contributed by atoms with Crippen molar-refractivity contribution in [2.24, 2.45) is 0 Å². The molecule has 19 heavy (non-hydrogen) atoms. The van der Waals surface area contributed by atoms with Gasteiger partial charge in [-0.15, -0.1) is 0 Å². The lowest BCUT2D eigenvalue weighted by Gasteiger charge is -2.16. The number of methoxy groups -OCH3 is 1. The second-order valence-corrected chi connectivity index (χ2v) is 4.32. The highest BCUT2D eigenvalue weighted by molar-refractivity contribution is 5.88.